The lowest BCUT2D eigenvalue weighted by molar-refractivity contribution is 0.397. The van der Waals surface area contributed by atoms with Crippen LogP contribution >= 0.6 is 15.9 Å². The number of hydrogen-bond donors (Lipinski definition) is 1. The maximum absolute atomic E-state index is 8.68. The lowest BCUT2D eigenvalue weighted by Crippen LogP contribution is -2.35. The number of hydrogen-bond acceptors (Lipinski definition) is 2. The van der Waals surface area contributed by atoms with E-state index in [-0.39, 0.29) is 15.6 Å². The van der Waals surface area contributed by atoms with Gasteiger partial charge in [0.05, 0.1) is 8.44 Å². The zero-order chi connectivity index (χ0) is 27.5. The van der Waals surface area contributed by atoms with E-state index in [1.54, 1.807) is 0 Å². The molecule has 1 fully saturated rings. The fourth-order valence-electron chi connectivity index (χ4n) is 1.53. The molecule has 4 heteroatoms. The third-order valence-corrected chi connectivity index (χ3v) is 3.31. The highest BCUT2D eigenvalue weighted by Crippen LogP contribution is 2.23. The molecule has 102 valence electrons. The number of imidazole rings is 1. The highest BCUT2D eigenvalue weighted by molar-refractivity contribution is 9.10. The number of rotatable bonds is 2. The van der Waals surface area contributed by atoms with Crippen LogP contribution in [0.5, 0.6) is 0 Å². The SMILES string of the molecule is [2H]c1c(C([2H])([2H])[C@@]2([2H])N([2H])C([2H])([2H])C([2H])([2H])C([2H])([2H])C2([2H])[2H])nc2c(C([2H])[2H])c(C)c(Br)c([2H])n12. The Morgan fingerprint density at radius 3 is 3.47 bits per heavy atom. The number of fused-ring (bicyclic) bond motifs is 1. The van der Waals surface area contributed by atoms with Gasteiger partial charge in [-0.1, -0.05) is 6.37 Å². The second-order valence-corrected chi connectivity index (χ2v) is 4.56. The molecule has 0 amide bonds. The standard InChI is InChI=1S/C15H20BrN3/c1-10-11(2)15-18-13(8-19(15)9-14(10)16)7-12-5-3-4-6-17-12/h8-9,12,17H,3-7H2,1-2H3/t12-/m0/s1/i2D2,3D2,4D2,5D2,6D2,7D2,8D,9D,12D/hD. The molecule has 3 rings (SSSR count). The monoisotopic (exact) mass is 337 g/mol. The Morgan fingerprint density at radius 2 is 2.63 bits per heavy atom. The third-order valence-electron chi connectivity index (χ3n) is 2.54. The summed E-state index contributed by atoms with van der Waals surface area (Å²) in [7, 11) is 0. The number of aromatic nitrogens is 2. The average molecular weight is 338 g/mol. The molecule has 0 aromatic carbocycles. The fourth-order valence-corrected chi connectivity index (χ4v) is 1.92. The van der Waals surface area contributed by atoms with Crippen LogP contribution in [0, 0.1) is 13.8 Å². The van der Waals surface area contributed by atoms with Gasteiger partial charge in [0.15, 0.2) is 0 Å². The van der Waals surface area contributed by atoms with Crippen molar-refractivity contribution in [1.82, 2.24) is 14.7 Å². The topological polar surface area (TPSA) is 29.3 Å². The minimum absolute atomic E-state index is 0.0547. The summed E-state index contributed by atoms with van der Waals surface area (Å²) in [5.74, 6) is 0. The van der Waals surface area contributed by atoms with Crippen LogP contribution in [0.2, 0.25) is 1.41 Å². The van der Waals surface area contributed by atoms with Crippen molar-refractivity contribution in [2.45, 2.75) is 45.3 Å². The van der Waals surface area contributed by atoms with Gasteiger partial charge in [0.25, 0.3) is 0 Å². The van der Waals surface area contributed by atoms with Crippen molar-refractivity contribution >= 4 is 21.6 Å². The lowest BCUT2D eigenvalue weighted by atomic mass is 10.0. The Labute approximate surface area is 145 Å². The van der Waals surface area contributed by atoms with E-state index in [1.165, 1.54) is 6.92 Å². The van der Waals surface area contributed by atoms with E-state index in [9.17, 15) is 0 Å². The van der Waals surface area contributed by atoms with Gasteiger partial charge >= 0.3 is 0 Å². The van der Waals surface area contributed by atoms with E-state index >= 15 is 0 Å². The fraction of sp³-hybridized carbons (Fsp3) is 0.533. The molecule has 1 N–H and O–H groups in total. The Hall–Kier alpha value is -0.870. The Balaban J connectivity index is 2.46. The van der Waals surface area contributed by atoms with Crippen molar-refractivity contribution in [3.05, 3.63) is 33.6 Å². The number of piperidine rings is 1. The third kappa shape index (κ3) is 2.56. The first-order valence-corrected chi connectivity index (χ1v) is 6.09. The zero-order valence-electron chi connectivity index (χ0n) is 25.8. The number of aryl methyl sites for hydroxylation is 1. The van der Waals surface area contributed by atoms with Crippen molar-refractivity contribution in [1.29, 1.82) is 0 Å². The lowest BCUT2D eigenvalue weighted by Gasteiger charge is -2.22. The first-order chi connectivity index (χ1) is 15.5. The molecule has 19 heavy (non-hydrogen) atoms. The number of nitrogens with one attached hydrogen (secondary N) is 1. The summed E-state index contributed by atoms with van der Waals surface area (Å²) >= 11 is 3.11. The molecule has 1 saturated heterocycles. The van der Waals surface area contributed by atoms with Crippen molar-refractivity contribution < 1.29 is 22.0 Å². The quantitative estimate of drug-likeness (QED) is 0.909. The van der Waals surface area contributed by atoms with Crippen molar-refractivity contribution in [2.75, 3.05) is 6.50 Å². The zero-order valence-corrected chi connectivity index (χ0v) is 11.4. The van der Waals surface area contributed by atoms with E-state index in [0.29, 0.717) is 0 Å². The Kier molecular flexibility index (Phi) is 1.13. The molecule has 0 aliphatic carbocycles. The summed E-state index contributed by atoms with van der Waals surface area (Å²) in [5.41, 5.74) is -1.40. The first kappa shape index (κ1) is 4.08. The average Bonchev–Trinajstić information content (AvgIpc) is 3.06. The number of nitrogens with zero attached hydrogens (tertiary/aromatic N) is 2. The van der Waals surface area contributed by atoms with Crippen molar-refractivity contribution in [3.8, 4) is 0 Å². The van der Waals surface area contributed by atoms with Crippen molar-refractivity contribution in [2.24, 2.45) is 0 Å². The molecule has 0 bridgehead atoms. The molecule has 0 spiro atoms. The van der Waals surface area contributed by atoms with E-state index in [1.807, 2.05) is 0 Å². The molecule has 2 aromatic rings. The van der Waals surface area contributed by atoms with Crippen LogP contribution in [0.1, 0.15) is 56.5 Å². The van der Waals surface area contributed by atoms with E-state index in [2.05, 4.69) is 20.9 Å². The summed E-state index contributed by atoms with van der Waals surface area (Å²) in [6.45, 7) is -3.98. The summed E-state index contributed by atoms with van der Waals surface area (Å²) < 4.78 is 132. The van der Waals surface area contributed by atoms with Crippen LogP contribution < -0.4 is 5.31 Å². The molecule has 0 unspecified atom stereocenters. The minimum atomic E-state index is -3.89. The molecule has 0 saturated carbocycles. The van der Waals surface area contributed by atoms with Crippen LogP contribution in [-0.4, -0.2) is 21.9 Å². The molecule has 1 aliphatic heterocycles. The minimum Gasteiger partial charge on any atom is -0.314 e. The van der Waals surface area contributed by atoms with Gasteiger partial charge in [0.2, 0.25) is 0 Å². The molecule has 3 nitrogen and oxygen atoms in total. The Morgan fingerprint density at radius 1 is 1.74 bits per heavy atom. The van der Waals surface area contributed by atoms with Gasteiger partial charge in [0, 0.05) is 47.0 Å². The summed E-state index contributed by atoms with van der Waals surface area (Å²) in [6, 6.07) is -3.84. The Bertz CT molecular complexity index is 1210. The van der Waals surface area contributed by atoms with Gasteiger partial charge in [0.1, 0.15) is 7.06 Å². The molecular formula is C15H20BrN3. The van der Waals surface area contributed by atoms with Gasteiger partial charge in [-0.3, -0.25) is 0 Å². The smallest absolute Gasteiger partial charge is 0.140 e. The second kappa shape index (κ2) is 5.25. The van der Waals surface area contributed by atoms with Gasteiger partial charge < -0.3 is 9.71 Å². The van der Waals surface area contributed by atoms with Gasteiger partial charge in [-0.2, -0.15) is 0 Å². The van der Waals surface area contributed by atoms with Gasteiger partial charge in [-0.05, 0) is 60.1 Å². The molecule has 1 atom stereocenters. The largest absolute Gasteiger partial charge is 0.314 e. The molecule has 2 aromatic heterocycles. The first-order valence-electron chi connectivity index (χ1n) is 13.4. The van der Waals surface area contributed by atoms with Crippen molar-refractivity contribution in [3.63, 3.8) is 0 Å². The predicted octanol–water partition coefficient (Wildman–Crippen LogP) is 3.40. The number of pyridine rings is 1. The normalized spacial score (nSPS) is 48.8. The summed E-state index contributed by atoms with van der Waals surface area (Å²) in [4.78, 5) is 3.90. The predicted molar refractivity (Wildman–Crippen MR) is 81.7 cm³/mol. The highest BCUT2D eigenvalue weighted by atomic mass is 79.9. The molecule has 3 heterocycles. The van der Waals surface area contributed by atoms with E-state index < -0.39 is 73.9 Å². The van der Waals surface area contributed by atoms with E-state index in [0.717, 1.165) is 4.40 Å². The van der Waals surface area contributed by atoms with Crippen LogP contribution in [0.3, 0.4) is 0 Å². The molecular weight excluding hydrogens is 302 g/mol. The van der Waals surface area contributed by atoms with Gasteiger partial charge in [-0.15, -0.1) is 0 Å². The van der Waals surface area contributed by atoms with Crippen LogP contribution in [0.25, 0.3) is 5.65 Å². The maximum atomic E-state index is 8.68. The number of halogens is 1. The summed E-state index contributed by atoms with van der Waals surface area (Å²) in [5, 5.41) is -0.619. The van der Waals surface area contributed by atoms with Crippen LogP contribution in [0.15, 0.2) is 16.8 Å². The maximum Gasteiger partial charge on any atom is 0.140 e. The molecule has 1 aliphatic rings. The highest BCUT2D eigenvalue weighted by Gasteiger charge is 2.16. The molecule has 0 radical (unpaired) electrons. The van der Waals surface area contributed by atoms with Gasteiger partial charge in [-0.25, -0.2) is 4.98 Å². The van der Waals surface area contributed by atoms with E-state index in [4.69, 9.17) is 22.0 Å². The summed E-state index contributed by atoms with van der Waals surface area (Å²) in [6.07, 6.45) is -16.5. The van der Waals surface area contributed by atoms with Crippen LogP contribution in [0.4, 0.5) is 0 Å². The van der Waals surface area contributed by atoms with Crippen LogP contribution in [-0.2, 0) is 6.37 Å². The second-order valence-electron chi connectivity index (χ2n) is 3.77.